The predicted octanol–water partition coefficient (Wildman–Crippen LogP) is 3.32. The lowest BCUT2D eigenvalue weighted by atomic mass is 10.2. The second-order valence-electron chi connectivity index (χ2n) is 5.06. The fraction of sp³-hybridized carbons (Fsp3) is 0.111. The summed E-state index contributed by atoms with van der Waals surface area (Å²) in [6.45, 7) is 0.451. The van der Waals surface area contributed by atoms with Gasteiger partial charge in [-0.25, -0.2) is 8.78 Å². The fourth-order valence-corrected chi connectivity index (χ4v) is 2.26. The van der Waals surface area contributed by atoms with Crippen molar-refractivity contribution in [3.8, 4) is 5.75 Å². The van der Waals surface area contributed by atoms with Crippen molar-refractivity contribution in [2.45, 2.75) is 0 Å². The van der Waals surface area contributed by atoms with Gasteiger partial charge in [-0.2, -0.15) is 0 Å². The number of halogens is 2. The number of nitrogens with one attached hydrogen (secondary N) is 1. The molecule has 0 bridgehead atoms. The van der Waals surface area contributed by atoms with E-state index in [9.17, 15) is 13.6 Å². The van der Waals surface area contributed by atoms with Crippen LogP contribution in [-0.4, -0.2) is 24.0 Å². The Morgan fingerprint density at radius 1 is 1.08 bits per heavy atom. The smallest absolute Gasteiger partial charge is 0.251 e. The number of ether oxygens (including phenoxy) is 1. The minimum atomic E-state index is -1.05. The molecule has 122 valence electrons. The zero-order valence-electron chi connectivity index (χ0n) is 12.6. The quantitative estimate of drug-likeness (QED) is 0.731. The summed E-state index contributed by atoms with van der Waals surface area (Å²) in [4.78, 5) is 16.1. The Bertz CT molecular complexity index is 879. The number of pyridine rings is 1. The van der Waals surface area contributed by atoms with Crippen LogP contribution in [0.15, 0.2) is 54.7 Å². The first-order chi connectivity index (χ1) is 11.6. The highest BCUT2D eigenvalue weighted by Crippen LogP contribution is 2.22. The van der Waals surface area contributed by atoms with E-state index in [1.165, 1.54) is 6.07 Å². The summed E-state index contributed by atoms with van der Waals surface area (Å²) in [5.74, 6) is -1.91. The number of amides is 1. The van der Waals surface area contributed by atoms with Crippen molar-refractivity contribution in [2.24, 2.45) is 0 Å². The van der Waals surface area contributed by atoms with E-state index in [2.05, 4.69) is 10.3 Å². The minimum absolute atomic E-state index is 0.0562. The van der Waals surface area contributed by atoms with Gasteiger partial charge in [0.15, 0.2) is 11.6 Å². The summed E-state index contributed by atoms with van der Waals surface area (Å²) in [7, 11) is 0. The SMILES string of the molecule is O=C(NCCOc1cccc2cccnc12)c1ccc(F)c(F)c1. The van der Waals surface area contributed by atoms with Crippen molar-refractivity contribution in [3.05, 3.63) is 71.9 Å². The van der Waals surface area contributed by atoms with Crippen LogP contribution in [-0.2, 0) is 0 Å². The minimum Gasteiger partial charge on any atom is -0.489 e. The molecule has 0 aliphatic heterocycles. The van der Waals surface area contributed by atoms with Crippen molar-refractivity contribution >= 4 is 16.8 Å². The molecular weight excluding hydrogens is 314 g/mol. The van der Waals surface area contributed by atoms with Crippen LogP contribution in [0, 0.1) is 11.6 Å². The van der Waals surface area contributed by atoms with Gasteiger partial charge in [0.05, 0.1) is 6.54 Å². The van der Waals surface area contributed by atoms with Crippen LogP contribution in [0.4, 0.5) is 8.78 Å². The van der Waals surface area contributed by atoms with Crippen molar-refractivity contribution in [1.82, 2.24) is 10.3 Å². The van der Waals surface area contributed by atoms with E-state index in [1.807, 2.05) is 24.3 Å². The predicted molar refractivity (Wildman–Crippen MR) is 85.9 cm³/mol. The van der Waals surface area contributed by atoms with Gasteiger partial charge in [0, 0.05) is 17.1 Å². The monoisotopic (exact) mass is 328 g/mol. The molecule has 0 saturated heterocycles. The first-order valence-electron chi connectivity index (χ1n) is 7.35. The third-order valence-corrected chi connectivity index (χ3v) is 3.42. The highest BCUT2D eigenvalue weighted by Gasteiger charge is 2.09. The molecule has 0 radical (unpaired) electrons. The van der Waals surface area contributed by atoms with E-state index in [4.69, 9.17) is 4.74 Å². The molecule has 1 aromatic heterocycles. The molecule has 0 saturated carbocycles. The molecule has 0 unspecified atom stereocenters. The molecule has 24 heavy (non-hydrogen) atoms. The van der Waals surface area contributed by atoms with Crippen LogP contribution in [0.1, 0.15) is 10.4 Å². The Morgan fingerprint density at radius 3 is 2.75 bits per heavy atom. The summed E-state index contributed by atoms with van der Waals surface area (Å²) in [5.41, 5.74) is 0.799. The number of carbonyl (C=O) groups excluding carboxylic acids is 1. The van der Waals surface area contributed by atoms with Crippen LogP contribution in [0.3, 0.4) is 0 Å². The molecule has 3 rings (SSSR count). The molecule has 1 N–H and O–H groups in total. The molecule has 0 aliphatic carbocycles. The molecule has 3 aromatic rings. The highest BCUT2D eigenvalue weighted by molar-refractivity contribution is 5.94. The van der Waals surface area contributed by atoms with Gasteiger partial charge in [-0.15, -0.1) is 0 Å². The maximum absolute atomic E-state index is 13.1. The van der Waals surface area contributed by atoms with Gasteiger partial charge in [0.1, 0.15) is 17.9 Å². The van der Waals surface area contributed by atoms with Gasteiger partial charge in [-0.3, -0.25) is 9.78 Å². The number of hydrogen-bond donors (Lipinski definition) is 1. The molecule has 1 amide bonds. The van der Waals surface area contributed by atoms with Crippen molar-refractivity contribution < 1.29 is 18.3 Å². The van der Waals surface area contributed by atoms with Gasteiger partial charge in [-0.1, -0.05) is 18.2 Å². The number of fused-ring (bicyclic) bond motifs is 1. The fourth-order valence-electron chi connectivity index (χ4n) is 2.26. The molecule has 0 fully saturated rings. The Morgan fingerprint density at radius 2 is 1.92 bits per heavy atom. The number of benzene rings is 2. The van der Waals surface area contributed by atoms with Crippen LogP contribution >= 0.6 is 0 Å². The van der Waals surface area contributed by atoms with E-state index in [1.54, 1.807) is 12.3 Å². The maximum atomic E-state index is 13.1. The number of rotatable bonds is 5. The summed E-state index contributed by atoms with van der Waals surface area (Å²) in [5, 5.41) is 3.55. The van der Waals surface area contributed by atoms with Crippen molar-refractivity contribution in [3.63, 3.8) is 0 Å². The van der Waals surface area contributed by atoms with Crippen LogP contribution < -0.4 is 10.1 Å². The summed E-state index contributed by atoms with van der Waals surface area (Å²) in [6.07, 6.45) is 1.68. The first-order valence-corrected chi connectivity index (χ1v) is 7.35. The molecule has 0 atom stereocenters. The topological polar surface area (TPSA) is 51.2 Å². The second kappa shape index (κ2) is 7.04. The lowest BCUT2D eigenvalue weighted by molar-refractivity contribution is 0.0946. The largest absolute Gasteiger partial charge is 0.489 e. The number of nitrogens with zero attached hydrogens (tertiary/aromatic N) is 1. The second-order valence-corrected chi connectivity index (χ2v) is 5.06. The zero-order valence-corrected chi connectivity index (χ0v) is 12.6. The lowest BCUT2D eigenvalue weighted by Crippen LogP contribution is -2.28. The van der Waals surface area contributed by atoms with Crippen LogP contribution in [0.5, 0.6) is 5.75 Å². The molecule has 6 heteroatoms. The highest BCUT2D eigenvalue weighted by atomic mass is 19.2. The summed E-state index contributed by atoms with van der Waals surface area (Å²) >= 11 is 0. The Kier molecular flexibility index (Phi) is 4.65. The average Bonchev–Trinajstić information content (AvgIpc) is 2.61. The van der Waals surface area contributed by atoms with Gasteiger partial charge < -0.3 is 10.1 Å². The number of hydrogen-bond acceptors (Lipinski definition) is 3. The summed E-state index contributed by atoms with van der Waals surface area (Å²) < 4.78 is 31.6. The van der Waals surface area contributed by atoms with E-state index in [0.717, 1.165) is 23.0 Å². The Hall–Kier alpha value is -3.02. The van der Waals surface area contributed by atoms with Gasteiger partial charge >= 0.3 is 0 Å². The van der Waals surface area contributed by atoms with Gasteiger partial charge in [0.2, 0.25) is 0 Å². The molecule has 2 aromatic carbocycles. The first kappa shape index (κ1) is 15.9. The Labute approximate surface area is 137 Å². The zero-order chi connectivity index (χ0) is 16.9. The van der Waals surface area contributed by atoms with Crippen molar-refractivity contribution in [2.75, 3.05) is 13.2 Å². The molecular formula is C18H14F2N2O2. The number of aromatic nitrogens is 1. The van der Waals surface area contributed by atoms with Gasteiger partial charge in [0.25, 0.3) is 5.91 Å². The standard InChI is InChI=1S/C18H14F2N2O2/c19-14-7-6-13(11-15(14)20)18(23)22-9-10-24-16-5-1-3-12-4-2-8-21-17(12)16/h1-8,11H,9-10H2,(H,22,23). The van der Waals surface area contributed by atoms with E-state index in [-0.39, 0.29) is 18.7 Å². The molecule has 4 nitrogen and oxygen atoms in total. The normalized spacial score (nSPS) is 10.6. The third kappa shape index (κ3) is 3.48. The number of carbonyl (C=O) groups is 1. The summed E-state index contributed by atoms with van der Waals surface area (Å²) in [6, 6.07) is 12.4. The molecule has 1 heterocycles. The van der Waals surface area contributed by atoms with Crippen LogP contribution in [0.25, 0.3) is 10.9 Å². The van der Waals surface area contributed by atoms with Crippen molar-refractivity contribution in [1.29, 1.82) is 0 Å². The third-order valence-electron chi connectivity index (χ3n) is 3.42. The average molecular weight is 328 g/mol. The van der Waals surface area contributed by atoms with Gasteiger partial charge in [-0.05, 0) is 30.3 Å². The molecule has 0 spiro atoms. The van der Waals surface area contributed by atoms with Crippen LogP contribution in [0.2, 0.25) is 0 Å². The number of para-hydroxylation sites is 1. The molecule has 0 aliphatic rings. The van der Waals surface area contributed by atoms with E-state index in [0.29, 0.717) is 5.75 Å². The lowest BCUT2D eigenvalue weighted by Gasteiger charge is -2.09. The van der Waals surface area contributed by atoms with E-state index < -0.39 is 17.5 Å². The Balaban J connectivity index is 1.56. The maximum Gasteiger partial charge on any atom is 0.251 e. The van der Waals surface area contributed by atoms with E-state index >= 15 is 0 Å².